The Morgan fingerprint density at radius 3 is 3.00 bits per heavy atom. The summed E-state index contributed by atoms with van der Waals surface area (Å²) in [6.45, 7) is 0.149. The van der Waals surface area contributed by atoms with E-state index in [0.717, 1.165) is 17.1 Å². The van der Waals surface area contributed by atoms with Crippen LogP contribution in [-0.4, -0.2) is 22.5 Å². The monoisotopic (exact) mass is 312 g/mol. The second-order valence-electron chi connectivity index (χ2n) is 3.75. The molecule has 0 fully saturated rings. The number of hydrogen-bond donors (Lipinski definition) is 0. The Kier molecular flexibility index (Phi) is 4.65. The molecule has 0 bridgehead atoms. The van der Waals surface area contributed by atoms with Gasteiger partial charge < -0.3 is 4.74 Å². The van der Waals surface area contributed by atoms with Crippen LogP contribution in [-0.2, 0) is 11.2 Å². The SMILES string of the molecule is O=C(OCCc1cccs1)c1cc(Cl)ncc1[N+](=O)[O-]. The Morgan fingerprint density at radius 2 is 2.35 bits per heavy atom. The molecule has 2 rings (SSSR count). The molecule has 0 saturated heterocycles. The molecule has 0 atom stereocenters. The highest BCUT2D eigenvalue weighted by Crippen LogP contribution is 2.21. The molecule has 104 valence electrons. The average Bonchev–Trinajstić information content (AvgIpc) is 2.91. The number of nitrogens with zero attached hydrogens (tertiary/aromatic N) is 2. The van der Waals surface area contributed by atoms with E-state index in [2.05, 4.69) is 4.98 Å². The Hall–Kier alpha value is -1.99. The zero-order valence-electron chi connectivity index (χ0n) is 10.1. The van der Waals surface area contributed by atoms with E-state index in [4.69, 9.17) is 16.3 Å². The summed E-state index contributed by atoms with van der Waals surface area (Å²) >= 11 is 7.19. The highest BCUT2D eigenvalue weighted by Gasteiger charge is 2.22. The van der Waals surface area contributed by atoms with Crippen molar-refractivity contribution in [2.45, 2.75) is 6.42 Å². The molecule has 0 spiro atoms. The van der Waals surface area contributed by atoms with Gasteiger partial charge in [0.15, 0.2) is 0 Å². The summed E-state index contributed by atoms with van der Waals surface area (Å²) in [6.07, 6.45) is 1.51. The standard InChI is InChI=1S/C12H9ClN2O4S/c13-11-6-9(10(7-14-11)15(17)18)12(16)19-4-3-8-2-1-5-20-8/h1-2,5-7H,3-4H2. The Balaban J connectivity index is 2.05. The molecule has 0 aliphatic heterocycles. The number of halogens is 1. The third kappa shape index (κ3) is 3.52. The van der Waals surface area contributed by atoms with E-state index >= 15 is 0 Å². The molecular formula is C12H9ClN2O4S. The number of esters is 1. The Labute approximate surface area is 123 Å². The summed E-state index contributed by atoms with van der Waals surface area (Å²) in [5, 5.41) is 12.7. The fourth-order valence-electron chi connectivity index (χ4n) is 1.51. The first-order valence-corrected chi connectivity index (χ1v) is 6.83. The van der Waals surface area contributed by atoms with Gasteiger partial charge >= 0.3 is 11.7 Å². The van der Waals surface area contributed by atoms with E-state index in [1.54, 1.807) is 11.3 Å². The molecule has 20 heavy (non-hydrogen) atoms. The van der Waals surface area contributed by atoms with Crippen molar-refractivity contribution in [1.29, 1.82) is 0 Å². The summed E-state index contributed by atoms with van der Waals surface area (Å²) < 4.78 is 5.02. The van der Waals surface area contributed by atoms with Gasteiger partial charge in [0.25, 0.3) is 0 Å². The molecule has 0 radical (unpaired) electrons. The van der Waals surface area contributed by atoms with Gasteiger partial charge in [-0.05, 0) is 17.5 Å². The van der Waals surface area contributed by atoms with Crippen LogP contribution in [0.15, 0.2) is 29.8 Å². The predicted molar refractivity (Wildman–Crippen MR) is 74.2 cm³/mol. The zero-order valence-corrected chi connectivity index (χ0v) is 11.7. The Morgan fingerprint density at radius 1 is 1.55 bits per heavy atom. The summed E-state index contributed by atoms with van der Waals surface area (Å²) in [7, 11) is 0. The number of carbonyl (C=O) groups excluding carboxylic acids is 1. The molecule has 2 aromatic rings. The van der Waals surface area contributed by atoms with E-state index in [0.29, 0.717) is 6.42 Å². The molecule has 0 saturated carbocycles. The maximum atomic E-state index is 11.8. The first-order chi connectivity index (χ1) is 9.58. The van der Waals surface area contributed by atoms with Gasteiger partial charge in [0, 0.05) is 11.3 Å². The maximum absolute atomic E-state index is 11.8. The van der Waals surface area contributed by atoms with Gasteiger partial charge in [-0.2, -0.15) is 0 Å². The lowest BCUT2D eigenvalue weighted by Gasteiger charge is -2.04. The highest BCUT2D eigenvalue weighted by molar-refractivity contribution is 7.09. The van der Waals surface area contributed by atoms with Gasteiger partial charge in [0.2, 0.25) is 0 Å². The highest BCUT2D eigenvalue weighted by atomic mass is 35.5. The molecule has 2 aromatic heterocycles. The van der Waals surface area contributed by atoms with Crippen LogP contribution in [0, 0.1) is 10.1 Å². The van der Waals surface area contributed by atoms with E-state index in [1.165, 1.54) is 0 Å². The summed E-state index contributed by atoms with van der Waals surface area (Å²) in [4.78, 5) is 26.6. The van der Waals surface area contributed by atoms with Crippen molar-refractivity contribution in [1.82, 2.24) is 4.98 Å². The van der Waals surface area contributed by atoms with Gasteiger partial charge in [-0.1, -0.05) is 17.7 Å². The molecule has 0 unspecified atom stereocenters. The zero-order chi connectivity index (χ0) is 14.5. The number of thiophene rings is 1. The van der Waals surface area contributed by atoms with Crippen molar-refractivity contribution in [2.24, 2.45) is 0 Å². The van der Waals surface area contributed by atoms with Crippen LogP contribution in [0.5, 0.6) is 0 Å². The maximum Gasteiger partial charge on any atom is 0.345 e. The van der Waals surface area contributed by atoms with Crippen molar-refractivity contribution in [2.75, 3.05) is 6.61 Å². The average molecular weight is 313 g/mol. The van der Waals surface area contributed by atoms with Gasteiger partial charge in [-0.25, -0.2) is 9.78 Å². The molecule has 0 aromatic carbocycles. The van der Waals surface area contributed by atoms with Crippen LogP contribution >= 0.6 is 22.9 Å². The quantitative estimate of drug-likeness (QED) is 0.366. The number of rotatable bonds is 5. The fourth-order valence-corrected chi connectivity index (χ4v) is 2.36. The number of carbonyl (C=O) groups is 1. The van der Waals surface area contributed by atoms with Crippen LogP contribution in [0.3, 0.4) is 0 Å². The summed E-state index contributed by atoms with van der Waals surface area (Å²) in [6, 6.07) is 4.95. The second-order valence-corrected chi connectivity index (χ2v) is 5.17. The summed E-state index contributed by atoms with van der Waals surface area (Å²) in [5.41, 5.74) is -0.614. The number of pyridine rings is 1. The van der Waals surface area contributed by atoms with Crippen LogP contribution in [0.4, 0.5) is 5.69 Å². The van der Waals surface area contributed by atoms with Crippen molar-refractivity contribution >= 4 is 34.6 Å². The number of ether oxygens (including phenoxy) is 1. The minimum atomic E-state index is -0.780. The molecule has 0 aliphatic carbocycles. The van der Waals surface area contributed by atoms with Crippen LogP contribution in [0.1, 0.15) is 15.2 Å². The first-order valence-electron chi connectivity index (χ1n) is 5.57. The van der Waals surface area contributed by atoms with Crippen LogP contribution in [0.25, 0.3) is 0 Å². The van der Waals surface area contributed by atoms with Gasteiger partial charge in [0.1, 0.15) is 16.9 Å². The Bertz CT molecular complexity index is 630. The minimum Gasteiger partial charge on any atom is -0.462 e. The lowest BCUT2D eigenvalue weighted by atomic mass is 10.2. The van der Waals surface area contributed by atoms with Crippen molar-refractivity contribution in [3.05, 3.63) is 55.5 Å². The lowest BCUT2D eigenvalue weighted by Crippen LogP contribution is -2.10. The fraction of sp³-hybridized carbons (Fsp3) is 0.167. The molecule has 8 heteroatoms. The molecule has 0 aliphatic rings. The van der Waals surface area contributed by atoms with Gasteiger partial charge in [-0.3, -0.25) is 10.1 Å². The predicted octanol–water partition coefficient (Wildman–Crippen LogP) is 3.10. The minimum absolute atomic E-state index is 0.000747. The molecule has 0 amide bonds. The van der Waals surface area contributed by atoms with Crippen molar-refractivity contribution < 1.29 is 14.5 Å². The normalized spacial score (nSPS) is 10.2. The van der Waals surface area contributed by atoms with Crippen molar-refractivity contribution in [3.63, 3.8) is 0 Å². The molecule has 2 heterocycles. The number of nitro groups is 1. The first kappa shape index (κ1) is 14.4. The van der Waals surface area contributed by atoms with Crippen LogP contribution in [0.2, 0.25) is 5.15 Å². The van der Waals surface area contributed by atoms with E-state index < -0.39 is 16.6 Å². The third-order valence-corrected chi connectivity index (χ3v) is 3.57. The lowest BCUT2D eigenvalue weighted by molar-refractivity contribution is -0.385. The smallest absolute Gasteiger partial charge is 0.345 e. The van der Waals surface area contributed by atoms with Crippen LogP contribution < -0.4 is 0 Å². The second kappa shape index (κ2) is 6.44. The van der Waals surface area contributed by atoms with E-state index in [1.807, 2.05) is 17.5 Å². The summed E-state index contributed by atoms with van der Waals surface area (Å²) in [5.74, 6) is -0.780. The number of hydrogen-bond acceptors (Lipinski definition) is 6. The molecule has 0 N–H and O–H groups in total. The molecular weight excluding hydrogens is 304 g/mol. The molecule has 6 nitrogen and oxygen atoms in total. The van der Waals surface area contributed by atoms with E-state index in [-0.39, 0.29) is 17.3 Å². The largest absolute Gasteiger partial charge is 0.462 e. The van der Waals surface area contributed by atoms with Gasteiger partial charge in [-0.15, -0.1) is 11.3 Å². The van der Waals surface area contributed by atoms with Gasteiger partial charge in [0.05, 0.1) is 11.5 Å². The third-order valence-electron chi connectivity index (χ3n) is 2.43. The topological polar surface area (TPSA) is 82.3 Å². The number of aromatic nitrogens is 1. The van der Waals surface area contributed by atoms with Crippen molar-refractivity contribution in [3.8, 4) is 0 Å². The van der Waals surface area contributed by atoms with E-state index in [9.17, 15) is 14.9 Å².